The molecule has 0 heterocycles. The van der Waals surface area contributed by atoms with Crippen molar-refractivity contribution in [2.75, 3.05) is 13.1 Å². The van der Waals surface area contributed by atoms with E-state index >= 15 is 0 Å². The molecule has 0 saturated heterocycles. The molecule has 0 aliphatic rings. The van der Waals surface area contributed by atoms with E-state index in [1.54, 1.807) is 30.3 Å². The van der Waals surface area contributed by atoms with Crippen molar-refractivity contribution in [2.45, 2.75) is 18.2 Å². The molecule has 136 valence electrons. The standard InChI is InChI=1S/C22H25NO2S/c1-5-16-23(26(24,25)22-13-11-18(2)12-14-22)17-15-19(3)20(4)21-9-7-6-8-10-21/h5-14H,1,3-4,15-17H2,2H3. The van der Waals surface area contributed by atoms with Crippen LogP contribution in [0.25, 0.3) is 5.57 Å². The molecule has 2 aromatic carbocycles. The monoisotopic (exact) mass is 367 g/mol. The molecule has 0 fully saturated rings. The molecule has 0 radical (unpaired) electrons. The van der Waals surface area contributed by atoms with Gasteiger partial charge in [-0.3, -0.25) is 0 Å². The summed E-state index contributed by atoms with van der Waals surface area (Å²) < 4.78 is 27.2. The van der Waals surface area contributed by atoms with Crippen LogP contribution in [-0.2, 0) is 10.0 Å². The van der Waals surface area contributed by atoms with Crippen LogP contribution in [0.5, 0.6) is 0 Å². The second-order valence-corrected chi connectivity index (χ2v) is 8.10. The molecule has 26 heavy (non-hydrogen) atoms. The maximum Gasteiger partial charge on any atom is 0.243 e. The first-order valence-corrected chi connectivity index (χ1v) is 9.90. The molecule has 0 aromatic heterocycles. The quantitative estimate of drug-likeness (QED) is 0.470. The molecule has 0 amide bonds. The van der Waals surface area contributed by atoms with Crippen LogP contribution < -0.4 is 0 Å². The van der Waals surface area contributed by atoms with Crippen LogP contribution in [0.3, 0.4) is 0 Å². The first-order chi connectivity index (χ1) is 12.4. The lowest BCUT2D eigenvalue weighted by Gasteiger charge is -2.22. The summed E-state index contributed by atoms with van der Waals surface area (Å²) in [5.41, 5.74) is 3.67. The lowest BCUT2D eigenvalue weighted by atomic mass is 9.99. The van der Waals surface area contributed by atoms with Gasteiger partial charge >= 0.3 is 0 Å². The number of aryl methyl sites for hydroxylation is 1. The molecule has 0 saturated carbocycles. The van der Waals surface area contributed by atoms with Crippen molar-refractivity contribution >= 4 is 15.6 Å². The average molecular weight is 368 g/mol. The third-order valence-electron chi connectivity index (χ3n) is 4.20. The molecule has 2 aromatic rings. The van der Waals surface area contributed by atoms with Gasteiger partial charge in [0.2, 0.25) is 10.0 Å². The van der Waals surface area contributed by atoms with E-state index in [0.29, 0.717) is 13.0 Å². The molecule has 0 unspecified atom stereocenters. The number of hydrogen-bond acceptors (Lipinski definition) is 2. The van der Waals surface area contributed by atoms with Gasteiger partial charge in [0.05, 0.1) is 4.90 Å². The van der Waals surface area contributed by atoms with Crippen molar-refractivity contribution in [1.82, 2.24) is 4.31 Å². The van der Waals surface area contributed by atoms with Crippen LogP contribution in [-0.4, -0.2) is 25.8 Å². The fourth-order valence-electron chi connectivity index (χ4n) is 2.57. The Morgan fingerprint density at radius 3 is 2.23 bits per heavy atom. The predicted molar refractivity (Wildman–Crippen MR) is 109 cm³/mol. The Kier molecular flexibility index (Phi) is 6.72. The van der Waals surface area contributed by atoms with Crippen molar-refractivity contribution < 1.29 is 8.42 Å². The minimum Gasteiger partial charge on any atom is -0.207 e. The molecule has 3 nitrogen and oxygen atoms in total. The second kappa shape index (κ2) is 8.79. The molecule has 0 N–H and O–H groups in total. The van der Waals surface area contributed by atoms with E-state index in [2.05, 4.69) is 19.7 Å². The summed E-state index contributed by atoms with van der Waals surface area (Å²) in [4.78, 5) is 0.289. The molecular formula is C22H25NO2S. The molecule has 2 rings (SSSR count). The van der Waals surface area contributed by atoms with Crippen LogP contribution in [0.15, 0.2) is 90.9 Å². The summed E-state index contributed by atoms with van der Waals surface area (Å²) in [6.07, 6.45) is 2.10. The Hall–Kier alpha value is -2.43. The lowest BCUT2D eigenvalue weighted by Crippen LogP contribution is -2.32. The molecule has 0 aliphatic carbocycles. The van der Waals surface area contributed by atoms with Gasteiger partial charge in [-0.05, 0) is 42.2 Å². The van der Waals surface area contributed by atoms with Crippen molar-refractivity contribution in [1.29, 1.82) is 0 Å². The third-order valence-corrected chi connectivity index (χ3v) is 6.08. The molecule has 0 bridgehead atoms. The first kappa shape index (κ1) is 19.9. The minimum absolute atomic E-state index is 0.251. The zero-order chi connectivity index (χ0) is 19.2. The van der Waals surface area contributed by atoms with Gasteiger partial charge in [0, 0.05) is 13.1 Å². The summed E-state index contributed by atoms with van der Waals surface area (Å²) in [6.45, 7) is 14.4. The van der Waals surface area contributed by atoms with Crippen LogP contribution in [0, 0.1) is 6.92 Å². The van der Waals surface area contributed by atoms with E-state index in [0.717, 1.165) is 22.3 Å². The van der Waals surface area contributed by atoms with E-state index in [1.807, 2.05) is 37.3 Å². The van der Waals surface area contributed by atoms with Gasteiger partial charge in [0.25, 0.3) is 0 Å². The summed E-state index contributed by atoms with van der Waals surface area (Å²) >= 11 is 0. The zero-order valence-corrected chi connectivity index (χ0v) is 16.0. The second-order valence-electron chi connectivity index (χ2n) is 6.16. The third kappa shape index (κ3) is 4.81. The molecule has 0 aliphatic heterocycles. The Morgan fingerprint density at radius 2 is 1.65 bits per heavy atom. The number of rotatable bonds is 9. The summed E-state index contributed by atoms with van der Waals surface area (Å²) in [5.74, 6) is 0. The van der Waals surface area contributed by atoms with Gasteiger partial charge in [-0.15, -0.1) is 6.58 Å². The highest BCUT2D eigenvalue weighted by atomic mass is 32.2. The fourth-order valence-corrected chi connectivity index (χ4v) is 3.98. The smallest absolute Gasteiger partial charge is 0.207 e. The van der Waals surface area contributed by atoms with Gasteiger partial charge in [-0.25, -0.2) is 8.42 Å². The molecule has 4 heteroatoms. The normalized spacial score (nSPS) is 11.3. The Morgan fingerprint density at radius 1 is 1.04 bits per heavy atom. The van der Waals surface area contributed by atoms with Gasteiger partial charge in [-0.2, -0.15) is 4.31 Å². The van der Waals surface area contributed by atoms with E-state index in [-0.39, 0.29) is 11.4 Å². The van der Waals surface area contributed by atoms with Gasteiger partial charge in [0.15, 0.2) is 0 Å². The van der Waals surface area contributed by atoms with Crippen LogP contribution >= 0.6 is 0 Å². The van der Waals surface area contributed by atoms with E-state index in [9.17, 15) is 8.42 Å². The lowest BCUT2D eigenvalue weighted by molar-refractivity contribution is 0.446. The highest BCUT2D eigenvalue weighted by Crippen LogP contribution is 2.24. The summed E-state index contributed by atoms with van der Waals surface area (Å²) in [5, 5.41) is 0. The minimum atomic E-state index is -3.57. The highest BCUT2D eigenvalue weighted by Gasteiger charge is 2.23. The predicted octanol–water partition coefficient (Wildman–Crippen LogP) is 4.83. The van der Waals surface area contributed by atoms with Gasteiger partial charge in [0.1, 0.15) is 0 Å². The van der Waals surface area contributed by atoms with Crippen molar-refractivity contribution in [2.24, 2.45) is 0 Å². The van der Waals surface area contributed by atoms with Crippen LogP contribution in [0.2, 0.25) is 0 Å². The fraction of sp³-hybridized carbons (Fsp3) is 0.182. The van der Waals surface area contributed by atoms with E-state index in [4.69, 9.17) is 0 Å². The van der Waals surface area contributed by atoms with Gasteiger partial charge in [-0.1, -0.05) is 67.3 Å². The van der Waals surface area contributed by atoms with E-state index < -0.39 is 10.0 Å². The number of hydrogen-bond donors (Lipinski definition) is 0. The Balaban J connectivity index is 2.12. The largest absolute Gasteiger partial charge is 0.243 e. The highest BCUT2D eigenvalue weighted by molar-refractivity contribution is 7.89. The van der Waals surface area contributed by atoms with Gasteiger partial charge < -0.3 is 0 Å². The van der Waals surface area contributed by atoms with Crippen molar-refractivity contribution in [3.63, 3.8) is 0 Å². The van der Waals surface area contributed by atoms with Crippen molar-refractivity contribution in [3.05, 3.63) is 97.1 Å². The molecule has 0 atom stereocenters. The summed E-state index contributed by atoms with van der Waals surface area (Å²) in [6, 6.07) is 16.6. The zero-order valence-electron chi connectivity index (χ0n) is 15.2. The Labute approximate surface area is 157 Å². The maximum absolute atomic E-state index is 12.9. The first-order valence-electron chi connectivity index (χ1n) is 8.46. The molecular weight excluding hydrogens is 342 g/mol. The number of sulfonamides is 1. The SMILES string of the molecule is C=CCN(CCC(=C)C(=C)c1ccccc1)S(=O)(=O)c1ccc(C)cc1. The number of allylic oxidation sites excluding steroid dienone is 1. The average Bonchev–Trinajstić information content (AvgIpc) is 2.65. The summed E-state index contributed by atoms with van der Waals surface area (Å²) in [7, 11) is -3.57. The van der Waals surface area contributed by atoms with Crippen molar-refractivity contribution in [3.8, 4) is 0 Å². The Bertz CT molecular complexity index is 881. The number of benzene rings is 2. The van der Waals surface area contributed by atoms with Crippen LogP contribution in [0.4, 0.5) is 0 Å². The number of nitrogens with zero attached hydrogens (tertiary/aromatic N) is 1. The topological polar surface area (TPSA) is 37.4 Å². The van der Waals surface area contributed by atoms with Crippen LogP contribution in [0.1, 0.15) is 17.5 Å². The molecule has 0 spiro atoms. The maximum atomic E-state index is 12.9. The van der Waals surface area contributed by atoms with E-state index in [1.165, 1.54) is 4.31 Å².